The van der Waals surface area contributed by atoms with Gasteiger partial charge in [-0.25, -0.2) is 4.79 Å². The van der Waals surface area contributed by atoms with Crippen LogP contribution in [-0.2, 0) is 18.8 Å². The highest BCUT2D eigenvalue weighted by atomic mass is 16.6. The zero-order chi connectivity index (χ0) is 12.2. The van der Waals surface area contributed by atoms with Crippen molar-refractivity contribution < 1.29 is 29.1 Å². The molecule has 0 aromatic rings. The molecule has 0 aliphatic rings. The minimum Gasteiger partial charge on any atom is -0.460 e. The maximum Gasteiger partial charge on any atom is 0.488 e. The Kier molecular flexibility index (Phi) is 10.0. The van der Waals surface area contributed by atoms with Gasteiger partial charge < -0.3 is 24.3 Å². The summed E-state index contributed by atoms with van der Waals surface area (Å²) in [4.78, 5) is 10.6. The maximum absolute atomic E-state index is 10.6. The number of hydrogen-bond donors (Lipinski definition) is 2. The summed E-state index contributed by atoms with van der Waals surface area (Å²) in [6.45, 7) is 3.45. The Morgan fingerprint density at radius 2 is 2.12 bits per heavy atom. The minimum atomic E-state index is -0.782. The molecule has 2 N–H and O–H groups in total. The molecular weight excluding hydrogens is 215 g/mol. The van der Waals surface area contributed by atoms with Crippen molar-refractivity contribution in [1.82, 2.24) is 0 Å². The normalized spacial score (nSPS) is 11.9. The van der Waals surface area contributed by atoms with E-state index in [9.17, 15) is 9.90 Å². The first-order chi connectivity index (χ1) is 7.70. The third kappa shape index (κ3) is 9.66. The molecule has 0 aromatic carbocycles. The molecule has 0 heterocycles. The van der Waals surface area contributed by atoms with Gasteiger partial charge in [-0.2, -0.15) is 0 Å². The number of aliphatic hydroxyl groups excluding tert-OH is 2. The molecule has 0 saturated heterocycles. The van der Waals surface area contributed by atoms with Gasteiger partial charge in [-0.15, -0.1) is 0 Å². The molecule has 7 heteroatoms. The average molecular weight is 231 g/mol. The lowest BCUT2D eigenvalue weighted by molar-refractivity contribution is -0.140. The molecule has 0 saturated carbocycles. The van der Waals surface area contributed by atoms with Crippen molar-refractivity contribution in [3.63, 3.8) is 0 Å². The Morgan fingerprint density at radius 3 is 2.75 bits per heavy atom. The van der Waals surface area contributed by atoms with Crippen molar-refractivity contribution in [2.45, 2.75) is 12.5 Å². The van der Waals surface area contributed by atoms with Gasteiger partial charge in [-0.1, -0.05) is 6.58 Å². The molecule has 1 radical (unpaired) electrons. The first kappa shape index (κ1) is 15.1. The minimum absolute atomic E-state index is 0.0833. The molecule has 1 unspecified atom stereocenters. The highest BCUT2D eigenvalue weighted by Gasteiger charge is 2.06. The van der Waals surface area contributed by atoms with Crippen LogP contribution < -0.4 is 0 Å². The number of rotatable bonds is 10. The van der Waals surface area contributed by atoms with Gasteiger partial charge >= 0.3 is 13.7 Å². The van der Waals surface area contributed by atoms with Gasteiger partial charge in [-0.05, 0) is 6.42 Å². The van der Waals surface area contributed by atoms with E-state index in [4.69, 9.17) is 14.4 Å². The van der Waals surface area contributed by atoms with E-state index in [1.807, 2.05) is 0 Å². The van der Waals surface area contributed by atoms with E-state index in [0.29, 0.717) is 6.42 Å². The summed E-state index contributed by atoms with van der Waals surface area (Å²) in [5.41, 5.74) is 0. The zero-order valence-corrected chi connectivity index (χ0v) is 9.00. The summed E-state index contributed by atoms with van der Waals surface area (Å²) < 4.78 is 14.2. The quantitative estimate of drug-likeness (QED) is 0.218. The summed E-state index contributed by atoms with van der Waals surface area (Å²) in [6, 6.07) is 0. The van der Waals surface area contributed by atoms with Crippen LogP contribution in [0.3, 0.4) is 0 Å². The van der Waals surface area contributed by atoms with Crippen molar-refractivity contribution in [2.75, 3.05) is 26.4 Å². The predicted octanol–water partition coefficient (Wildman–Crippen LogP) is -0.974. The third-order valence-corrected chi connectivity index (χ3v) is 1.50. The van der Waals surface area contributed by atoms with Crippen LogP contribution in [0.4, 0.5) is 0 Å². The Hall–Kier alpha value is -0.885. The van der Waals surface area contributed by atoms with E-state index >= 15 is 0 Å². The topological polar surface area (TPSA) is 85.2 Å². The van der Waals surface area contributed by atoms with Gasteiger partial charge in [0.2, 0.25) is 0 Å². The van der Waals surface area contributed by atoms with E-state index in [1.54, 1.807) is 0 Å². The number of hydrogen-bond acceptors (Lipinski definition) is 6. The van der Waals surface area contributed by atoms with Crippen LogP contribution >= 0.6 is 0 Å². The first-order valence-electron chi connectivity index (χ1n) is 4.83. The van der Waals surface area contributed by atoms with Crippen LogP contribution in [0.25, 0.3) is 0 Å². The summed E-state index contributed by atoms with van der Waals surface area (Å²) in [6.07, 6.45) is 0.554. The molecule has 1 atom stereocenters. The molecule has 16 heavy (non-hydrogen) atoms. The monoisotopic (exact) mass is 231 g/mol. The molecule has 6 nitrogen and oxygen atoms in total. The fourth-order valence-corrected chi connectivity index (χ4v) is 0.722. The highest BCUT2D eigenvalue weighted by Crippen LogP contribution is 1.94. The Labute approximate surface area is 95.1 Å². The fraction of sp³-hybridized carbons (Fsp3) is 0.667. The molecule has 0 bridgehead atoms. The van der Waals surface area contributed by atoms with E-state index in [2.05, 4.69) is 11.3 Å². The number of carbonyl (C=O) groups is 1. The largest absolute Gasteiger partial charge is 0.488 e. The van der Waals surface area contributed by atoms with Crippen LogP contribution in [0.1, 0.15) is 6.42 Å². The Morgan fingerprint density at radius 1 is 1.44 bits per heavy atom. The second-order valence-corrected chi connectivity index (χ2v) is 2.84. The van der Waals surface area contributed by atoms with Gasteiger partial charge in [-0.3, -0.25) is 0 Å². The smallest absolute Gasteiger partial charge is 0.460 e. The molecular formula is C9H16BO6. The Balaban J connectivity index is 3.26. The van der Waals surface area contributed by atoms with Gasteiger partial charge in [0.05, 0.1) is 19.3 Å². The van der Waals surface area contributed by atoms with E-state index in [-0.39, 0.29) is 26.4 Å². The molecule has 91 valence electrons. The van der Waals surface area contributed by atoms with Gasteiger partial charge in [0.25, 0.3) is 0 Å². The van der Waals surface area contributed by atoms with E-state index in [1.165, 1.54) is 0 Å². The number of esters is 1. The lowest BCUT2D eigenvalue weighted by Gasteiger charge is -2.10. The molecule has 0 fully saturated rings. The first-order valence-corrected chi connectivity index (χ1v) is 4.83. The van der Waals surface area contributed by atoms with E-state index < -0.39 is 12.1 Å². The van der Waals surface area contributed by atoms with Gasteiger partial charge in [0.1, 0.15) is 6.61 Å². The summed E-state index contributed by atoms with van der Waals surface area (Å²) >= 11 is 0. The predicted molar refractivity (Wildman–Crippen MR) is 56.5 cm³/mol. The Bertz CT molecular complexity index is 198. The van der Waals surface area contributed by atoms with Crippen LogP contribution in [0, 0.1) is 0 Å². The van der Waals surface area contributed by atoms with Crippen molar-refractivity contribution in [1.29, 1.82) is 0 Å². The fourth-order valence-electron chi connectivity index (χ4n) is 0.722. The van der Waals surface area contributed by atoms with E-state index in [0.717, 1.165) is 13.8 Å². The summed E-state index contributed by atoms with van der Waals surface area (Å²) in [7, 11) is 1.10. The van der Waals surface area contributed by atoms with Gasteiger partial charge in [0, 0.05) is 12.7 Å². The second kappa shape index (κ2) is 10.6. The summed E-state index contributed by atoms with van der Waals surface area (Å²) in [5.74, 6) is -0.571. The van der Waals surface area contributed by atoms with Crippen LogP contribution in [0.5, 0.6) is 0 Å². The van der Waals surface area contributed by atoms with Crippen molar-refractivity contribution >= 4 is 13.7 Å². The van der Waals surface area contributed by atoms with Crippen molar-refractivity contribution in [2.24, 2.45) is 0 Å². The maximum atomic E-state index is 10.6. The van der Waals surface area contributed by atoms with Crippen LogP contribution in [-0.4, -0.2) is 56.4 Å². The van der Waals surface area contributed by atoms with Crippen molar-refractivity contribution in [3.8, 4) is 0 Å². The second-order valence-electron chi connectivity index (χ2n) is 2.84. The molecule has 0 spiro atoms. The lowest BCUT2D eigenvalue weighted by Crippen LogP contribution is -2.20. The molecule has 0 rings (SSSR count). The molecule has 0 aliphatic heterocycles. The molecule has 0 aliphatic carbocycles. The third-order valence-electron chi connectivity index (χ3n) is 1.50. The van der Waals surface area contributed by atoms with Crippen molar-refractivity contribution in [3.05, 3.63) is 12.7 Å². The van der Waals surface area contributed by atoms with Crippen LogP contribution in [0.15, 0.2) is 12.7 Å². The highest BCUT2D eigenvalue weighted by molar-refractivity contribution is 6.17. The number of aliphatic hydroxyl groups is 2. The standard InChI is InChI=1S/C9H16BO6/c1-2-9(13)14-7-8(12)3-5-15-10-16-6-4-11/h2,8,11-12H,1,3-7H2. The number of ether oxygens (including phenoxy) is 1. The summed E-state index contributed by atoms with van der Waals surface area (Å²) in [5, 5.41) is 17.7. The molecule has 0 aromatic heterocycles. The van der Waals surface area contributed by atoms with Gasteiger partial charge in [0.15, 0.2) is 0 Å². The lowest BCUT2D eigenvalue weighted by atomic mass is 10.2. The number of carbonyl (C=O) groups excluding carboxylic acids is 1. The zero-order valence-electron chi connectivity index (χ0n) is 9.00. The SMILES string of the molecule is C=CC(=O)OCC(O)CCO[B]OCCO. The average Bonchev–Trinajstić information content (AvgIpc) is 2.30. The molecule has 0 amide bonds. The van der Waals surface area contributed by atoms with Crippen LogP contribution in [0.2, 0.25) is 0 Å².